The lowest BCUT2D eigenvalue weighted by atomic mass is 9.90. The highest BCUT2D eigenvalue weighted by Gasteiger charge is 2.17. The van der Waals surface area contributed by atoms with Crippen LogP contribution in [0.15, 0.2) is 41.2 Å². The van der Waals surface area contributed by atoms with Gasteiger partial charge in [0.15, 0.2) is 16.7 Å². The van der Waals surface area contributed by atoms with Crippen LogP contribution in [0.3, 0.4) is 0 Å². The first-order chi connectivity index (χ1) is 15.7. The number of rotatable bonds is 9. The molecular weight excluding hydrogens is 444 g/mol. The Bertz CT molecular complexity index is 1030. The summed E-state index contributed by atoms with van der Waals surface area (Å²) in [5.41, 5.74) is 0.597. The Morgan fingerprint density at radius 1 is 1.03 bits per heavy atom. The zero-order valence-electron chi connectivity index (χ0n) is 17.7. The number of nitrogens with zero attached hydrogens (tertiary/aromatic N) is 2. The maximum absolute atomic E-state index is 12.6. The lowest BCUT2D eigenvalue weighted by Gasteiger charge is -2.22. The number of ether oxygens (including phenoxy) is 1. The molecule has 3 aromatic rings. The zero-order valence-corrected chi connectivity index (χ0v) is 19.3. The van der Waals surface area contributed by atoms with Crippen molar-refractivity contribution in [2.24, 2.45) is 5.92 Å². The normalized spacial score (nSPS) is 14.1. The lowest BCUT2D eigenvalue weighted by Crippen LogP contribution is -2.19. The van der Waals surface area contributed by atoms with Crippen LogP contribution in [0.2, 0.25) is 0 Å². The third-order valence-corrected chi connectivity index (χ3v) is 6.97. The molecular formula is C23H26N4O3S2. The number of thiazole rings is 1. The second-order valence-electron chi connectivity index (χ2n) is 7.84. The van der Waals surface area contributed by atoms with E-state index in [0.717, 1.165) is 4.88 Å². The van der Waals surface area contributed by atoms with Crippen molar-refractivity contribution in [1.82, 2.24) is 9.97 Å². The fraction of sp³-hybridized carbons (Fsp3) is 0.391. The zero-order chi connectivity index (χ0) is 22.2. The van der Waals surface area contributed by atoms with Gasteiger partial charge in [-0.25, -0.2) is 9.97 Å². The van der Waals surface area contributed by atoms with Crippen molar-refractivity contribution >= 4 is 45.4 Å². The van der Waals surface area contributed by atoms with Crippen LogP contribution < -0.4 is 15.4 Å². The number of nitrogens with one attached hydrogen (secondary N) is 2. The molecule has 7 nitrogen and oxygen atoms in total. The van der Waals surface area contributed by atoms with Crippen molar-refractivity contribution in [1.29, 1.82) is 0 Å². The van der Waals surface area contributed by atoms with E-state index in [9.17, 15) is 9.59 Å². The molecule has 1 fully saturated rings. The molecule has 1 saturated carbocycles. The predicted molar refractivity (Wildman–Crippen MR) is 127 cm³/mol. The Morgan fingerprint density at radius 2 is 1.88 bits per heavy atom. The van der Waals surface area contributed by atoms with Gasteiger partial charge in [0.05, 0.1) is 25.1 Å². The standard InChI is InChI=1S/C23H26N4O3S2/c28-20(12-17-15-32-23(25-17)27-21(29)13-18-8-5-11-31-18)26-22-19(9-4-10-24-22)30-14-16-6-2-1-3-7-16/h4-5,8-11,15-16H,1-3,6-7,12-14H2,(H,24,26,28)(H,25,27,29). The van der Waals surface area contributed by atoms with Gasteiger partial charge in [0.2, 0.25) is 11.8 Å². The highest BCUT2D eigenvalue weighted by atomic mass is 32.1. The highest BCUT2D eigenvalue weighted by Crippen LogP contribution is 2.27. The van der Waals surface area contributed by atoms with E-state index in [1.807, 2.05) is 23.6 Å². The molecule has 9 heteroatoms. The molecule has 0 saturated heterocycles. The monoisotopic (exact) mass is 470 g/mol. The van der Waals surface area contributed by atoms with Crippen molar-refractivity contribution in [3.8, 4) is 5.75 Å². The van der Waals surface area contributed by atoms with E-state index in [2.05, 4.69) is 20.6 Å². The van der Waals surface area contributed by atoms with Crippen molar-refractivity contribution < 1.29 is 14.3 Å². The van der Waals surface area contributed by atoms with E-state index < -0.39 is 0 Å². The molecule has 3 aromatic heterocycles. The van der Waals surface area contributed by atoms with Gasteiger partial charge in [-0.15, -0.1) is 22.7 Å². The van der Waals surface area contributed by atoms with Crippen molar-refractivity contribution in [2.45, 2.75) is 44.9 Å². The van der Waals surface area contributed by atoms with Crippen LogP contribution in [0.4, 0.5) is 10.9 Å². The Morgan fingerprint density at radius 3 is 2.69 bits per heavy atom. The Balaban J connectivity index is 1.28. The molecule has 0 atom stereocenters. The quantitative estimate of drug-likeness (QED) is 0.463. The smallest absolute Gasteiger partial charge is 0.231 e. The third kappa shape index (κ3) is 6.61. The van der Waals surface area contributed by atoms with Crippen LogP contribution in [0.1, 0.15) is 42.7 Å². The summed E-state index contributed by atoms with van der Waals surface area (Å²) in [6, 6.07) is 7.47. The lowest BCUT2D eigenvalue weighted by molar-refractivity contribution is -0.116. The van der Waals surface area contributed by atoms with E-state index in [-0.39, 0.29) is 18.2 Å². The number of carbonyl (C=O) groups excluding carboxylic acids is 2. The molecule has 3 heterocycles. The van der Waals surface area contributed by atoms with Crippen LogP contribution in [0, 0.1) is 5.92 Å². The minimum atomic E-state index is -0.229. The molecule has 0 aliphatic heterocycles. The fourth-order valence-corrected chi connectivity index (χ4v) is 5.11. The number of hydrogen-bond donors (Lipinski definition) is 2. The van der Waals surface area contributed by atoms with E-state index in [0.29, 0.717) is 41.3 Å². The largest absolute Gasteiger partial charge is 0.489 e. The summed E-state index contributed by atoms with van der Waals surface area (Å²) in [5, 5.41) is 9.83. The number of hydrogen-bond acceptors (Lipinski definition) is 7. The van der Waals surface area contributed by atoms with Crippen LogP contribution in [-0.2, 0) is 22.4 Å². The summed E-state index contributed by atoms with van der Waals surface area (Å²) in [4.78, 5) is 34.3. The van der Waals surface area contributed by atoms with Gasteiger partial charge in [0.1, 0.15) is 0 Å². The van der Waals surface area contributed by atoms with Crippen LogP contribution in [0.5, 0.6) is 5.75 Å². The molecule has 0 radical (unpaired) electrons. The first kappa shape index (κ1) is 22.4. The van der Waals surface area contributed by atoms with Crippen molar-refractivity contribution in [3.05, 3.63) is 51.8 Å². The van der Waals surface area contributed by atoms with Gasteiger partial charge in [-0.05, 0) is 42.3 Å². The highest BCUT2D eigenvalue weighted by molar-refractivity contribution is 7.14. The topological polar surface area (TPSA) is 93.2 Å². The van der Waals surface area contributed by atoms with Gasteiger partial charge in [0, 0.05) is 16.5 Å². The Labute approximate surface area is 195 Å². The average Bonchev–Trinajstić information content (AvgIpc) is 3.46. The first-order valence-corrected chi connectivity index (χ1v) is 12.6. The van der Waals surface area contributed by atoms with Gasteiger partial charge >= 0.3 is 0 Å². The van der Waals surface area contributed by atoms with E-state index >= 15 is 0 Å². The minimum Gasteiger partial charge on any atom is -0.489 e. The molecule has 4 rings (SSSR count). The minimum absolute atomic E-state index is 0.0932. The average molecular weight is 471 g/mol. The first-order valence-electron chi connectivity index (χ1n) is 10.8. The number of pyridine rings is 1. The number of aromatic nitrogens is 2. The number of thiophene rings is 1. The molecule has 1 aliphatic rings. The summed E-state index contributed by atoms with van der Waals surface area (Å²) in [7, 11) is 0. The molecule has 0 unspecified atom stereocenters. The van der Waals surface area contributed by atoms with E-state index in [4.69, 9.17) is 4.74 Å². The van der Waals surface area contributed by atoms with Crippen LogP contribution >= 0.6 is 22.7 Å². The van der Waals surface area contributed by atoms with Crippen molar-refractivity contribution in [3.63, 3.8) is 0 Å². The molecule has 0 bridgehead atoms. The van der Waals surface area contributed by atoms with Crippen molar-refractivity contribution in [2.75, 3.05) is 17.2 Å². The third-order valence-electron chi connectivity index (χ3n) is 5.28. The van der Waals surface area contributed by atoms with Gasteiger partial charge in [0.25, 0.3) is 0 Å². The molecule has 2 N–H and O–H groups in total. The summed E-state index contributed by atoms with van der Waals surface area (Å²) >= 11 is 2.85. The summed E-state index contributed by atoms with van der Waals surface area (Å²) in [6.07, 6.45) is 8.25. The fourth-order valence-electron chi connectivity index (χ4n) is 3.68. The Kier molecular flexibility index (Phi) is 7.84. The number of carbonyl (C=O) groups is 2. The predicted octanol–water partition coefficient (Wildman–Crippen LogP) is 4.92. The van der Waals surface area contributed by atoms with E-state index in [1.54, 1.807) is 29.0 Å². The van der Waals surface area contributed by atoms with Crippen LogP contribution in [-0.4, -0.2) is 28.4 Å². The molecule has 0 spiro atoms. The van der Waals surface area contributed by atoms with Gasteiger partial charge in [-0.2, -0.15) is 0 Å². The summed E-state index contributed by atoms with van der Waals surface area (Å²) in [6.45, 7) is 0.648. The molecule has 2 amide bonds. The maximum Gasteiger partial charge on any atom is 0.231 e. The van der Waals surface area contributed by atoms with Crippen LogP contribution in [0.25, 0.3) is 0 Å². The maximum atomic E-state index is 12.6. The Hall–Kier alpha value is -2.78. The number of anilines is 2. The SMILES string of the molecule is O=C(Cc1cccs1)Nc1nc(CC(=O)Nc2ncccc2OCC2CCCCC2)cs1. The molecule has 0 aromatic carbocycles. The van der Waals surface area contributed by atoms with E-state index in [1.165, 1.54) is 43.4 Å². The van der Waals surface area contributed by atoms with Gasteiger partial charge in [-0.3, -0.25) is 9.59 Å². The molecule has 168 valence electrons. The summed E-state index contributed by atoms with van der Waals surface area (Å²) in [5.74, 6) is 1.23. The molecule has 1 aliphatic carbocycles. The second kappa shape index (κ2) is 11.2. The van der Waals surface area contributed by atoms with Gasteiger partial charge < -0.3 is 15.4 Å². The number of amides is 2. The molecule has 32 heavy (non-hydrogen) atoms. The second-order valence-corrected chi connectivity index (χ2v) is 9.73. The summed E-state index contributed by atoms with van der Waals surface area (Å²) < 4.78 is 5.98. The van der Waals surface area contributed by atoms with Gasteiger partial charge in [-0.1, -0.05) is 25.3 Å².